The van der Waals surface area contributed by atoms with Crippen LogP contribution in [0, 0.1) is 6.92 Å². The monoisotopic (exact) mass is 358 g/mol. The van der Waals surface area contributed by atoms with E-state index in [4.69, 9.17) is 5.73 Å². The number of anilines is 1. The third-order valence-corrected chi connectivity index (χ3v) is 4.92. The zero-order valence-electron chi connectivity index (χ0n) is 11.6. The van der Waals surface area contributed by atoms with Gasteiger partial charge in [0.1, 0.15) is 0 Å². The second-order valence-corrected chi connectivity index (χ2v) is 6.84. The number of nitrogen functional groups attached to an aromatic ring is 1. The molecule has 0 unspecified atom stereocenters. The molecule has 0 saturated carbocycles. The molecule has 0 atom stereocenters. The number of aromatic nitrogens is 1. The molecule has 1 aromatic heterocycles. The molecule has 3 rings (SSSR count). The van der Waals surface area contributed by atoms with Crippen molar-refractivity contribution in [1.82, 2.24) is 4.98 Å². The van der Waals surface area contributed by atoms with Crippen LogP contribution in [-0.2, 0) is 5.75 Å². The zero-order valence-corrected chi connectivity index (χ0v) is 14.0. The van der Waals surface area contributed by atoms with Crippen molar-refractivity contribution < 1.29 is 0 Å². The molecule has 106 valence electrons. The summed E-state index contributed by atoms with van der Waals surface area (Å²) in [7, 11) is 0. The van der Waals surface area contributed by atoms with Gasteiger partial charge in [-0.3, -0.25) is 4.98 Å². The molecule has 0 aliphatic heterocycles. The maximum Gasteiger partial charge on any atom is 0.0708 e. The molecular weight excluding hydrogens is 344 g/mol. The normalized spacial score (nSPS) is 11.0. The molecule has 3 aromatic rings. The predicted molar refractivity (Wildman–Crippen MR) is 94.6 cm³/mol. The summed E-state index contributed by atoms with van der Waals surface area (Å²) in [5, 5.41) is 1.21. The minimum atomic E-state index is 0.810. The topological polar surface area (TPSA) is 38.9 Å². The third-order valence-electron chi connectivity index (χ3n) is 3.28. The lowest BCUT2D eigenvalue weighted by molar-refractivity contribution is 1.23. The van der Waals surface area contributed by atoms with Gasteiger partial charge in [0, 0.05) is 31.9 Å². The third kappa shape index (κ3) is 3.22. The number of rotatable bonds is 3. The highest BCUT2D eigenvalue weighted by Gasteiger charge is 2.06. The van der Waals surface area contributed by atoms with Crippen LogP contribution in [0.15, 0.2) is 57.9 Å². The van der Waals surface area contributed by atoms with Crippen LogP contribution in [0.4, 0.5) is 5.69 Å². The summed E-state index contributed by atoms with van der Waals surface area (Å²) in [5.74, 6) is 0.885. The van der Waals surface area contributed by atoms with Crippen molar-refractivity contribution >= 4 is 44.3 Å². The first-order valence-corrected chi connectivity index (χ1v) is 8.44. The quantitative estimate of drug-likeness (QED) is 0.517. The molecule has 2 aromatic carbocycles. The highest BCUT2D eigenvalue weighted by atomic mass is 79.9. The van der Waals surface area contributed by atoms with E-state index in [2.05, 4.69) is 51.2 Å². The van der Waals surface area contributed by atoms with Gasteiger partial charge in [-0.25, -0.2) is 0 Å². The standard InChI is InChI=1S/C17H15BrN2S/c1-11-8-12(14-4-2-3-5-16(14)20-11)10-21-17-7-6-13(18)9-15(17)19/h2-9H,10,19H2,1H3. The maximum absolute atomic E-state index is 6.06. The van der Waals surface area contributed by atoms with Gasteiger partial charge in [-0.1, -0.05) is 34.1 Å². The van der Waals surface area contributed by atoms with E-state index < -0.39 is 0 Å². The fourth-order valence-corrected chi connectivity index (χ4v) is 3.64. The second-order valence-electron chi connectivity index (χ2n) is 4.91. The number of aryl methyl sites for hydroxylation is 1. The second kappa shape index (κ2) is 6.08. The van der Waals surface area contributed by atoms with Crippen molar-refractivity contribution in [2.45, 2.75) is 17.6 Å². The van der Waals surface area contributed by atoms with E-state index in [9.17, 15) is 0 Å². The van der Waals surface area contributed by atoms with Crippen LogP contribution in [-0.4, -0.2) is 4.98 Å². The first kappa shape index (κ1) is 14.4. The molecule has 0 aliphatic rings. The number of thioether (sulfide) groups is 1. The number of benzene rings is 2. The smallest absolute Gasteiger partial charge is 0.0708 e. The fourth-order valence-electron chi connectivity index (χ4n) is 2.32. The summed E-state index contributed by atoms with van der Waals surface area (Å²) in [6.07, 6.45) is 0. The maximum atomic E-state index is 6.06. The number of nitrogens with two attached hydrogens (primary N) is 1. The van der Waals surface area contributed by atoms with E-state index in [1.54, 1.807) is 11.8 Å². The van der Waals surface area contributed by atoms with Crippen LogP contribution < -0.4 is 5.73 Å². The number of fused-ring (bicyclic) bond motifs is 1. The first-order valence-electron chi connectivity index (χ1n) is 6.66. The Morgan fingerprint density at radius 3 is 2.76 bits per heavy atom. The van der Waals surface area contributed by atoms with Gasteiger partial charge in [-0.05, 0) is 42.8 Å². The molecule has 2 N–H and O–H groups in total. The number of nitrogens with zero attached hydrogens (tertiary/aromatic N) is 1. The lowest BCUT2D eigenvalue weighted by Gasteiger charge is -2.09. The number of pyridine rings is 1. The average Bonchev–Trinajstić information content (AvgIpc) is 2.46. The molecular formula is C17H15BrN2S. The van der Waals surface area contributed by atoms with Gasteiger partial charge < -0.3 is 5.73 Å². The molecule has 21 heavy (non-hydrogen) atoms. The van der Waals surface area contributed by atoms with Crippen molar-refractivity contribution in [3.63, 3.8) is 0 Å². The Hall–Kier alpha value is -1.52. The molecule has 0 radical (unpaired) electrons. The number of halogens is 1. The summed E-state index contributed by atoms with van der Waals surface area (Å²) < 4.78 is 1.01. The molecule has 2 nitrogen and oxygen atoms in total. The molecule has 0 fully saturated rings. The summed E-state index contributed by atoms with van der Waals surface area (Å²) >= 11 is 5.20. The lowest BCUT2D eigenvalue weighted by Crippen LogP contribution is -1.92. The van der Waals surface area contributed by atoms with E-state index in [1.165, 1.54) is 10.9 Å². The lowest BCUT2D eigenvalue weighted by atomic mass is 10.1. The largest absolute Gasteiger partial charge is 0.398 e. The molecule has 0 spiro atoms. The van der Waals surface area contributed by atoms with Crippen molar-refractivity contribution in [1.29, 1.82) is 0 Å². The van der Waals surface area contributed by atoms with Crippen LogP contribution in [0.3, 0.4) is 0 Å². The van der Waals surface area contributed by atoms with Gasteiger partial charge >= 0.3 is 0 Å². The van der Waals surface area contributed by atoms with Gasteiger partial charge in [0.15, 0.2) is 0 Å². The van der Waals surface area contributed by atoms with Crippen LogP contribution >= 0.6 is 27.7 Å². The molecule has 0 aliphatic carbocycles. The summed E-state index contributed by atoms with van der Waals surface area (Å²) in [4.78, 5) is 5.69. The summed E-state index contributed by atoms with van der Waals surface area (Å²) in [5.41, 5.74) is 10.3. The van der Waals surface area contributed by atoms with E-state index in [-0.39, 0.29) is 0 Å². The SMILES string of the molecule is Cc1cc(CSc2ccc(Br)cc2N)c2ccccc2n1. The Labute approximate surface area is 136 Å². The van der Waals surface area contributed by atoms with Gasteiger partial charge in [0.2, 0.25) is 0 Å². The average molecular weight is 359 g/mol. The Bertz CT molecular complexity index is 802. The molecule has 4 heteroatoms. The fraction of sp³-hybridized carbons (Fsp3) is 0.118. The van der Waals surface area contributed by atoms with E-state index in [0.29, 0.717) is 0 Å². The highest BCUT2D eigenvalue weighted by Crippen LogP contribution is 2.32. The van der Waals surface area contributed by atoms with E-state index >= 15 is 0 Å². The van der Waals surface area contributed by atoms with Gasteiger partial charge in [0.25, 0.3) is 0 Å². The van der Waals surface area contributed by atoms with Crippen molar-refractivity contribution in [2.24, 2.45) is 0 Å². The molecule has 0 saturated heterocycles. The molecule has 0 amide bonds. The van der Waals surface area contributed by atoms with Crippen LogP contribution in [0.5, 0.6) is 0 Å². The van der Waals surface area contributed by atoms with Gasteiger partial charge in [-0.15, -0.1) is 11.8 Å². The van der Waals surface area contributed by atoms with Crippen LogP contribution in [0.2, 0.25) is 0 Å². The molecule has 1 heterocycles. The number of hydrogen-bond acceptors (Lipinski definition) is 3. The molecule has 0 bridgehead atoms. The highest BCUT2D eigenvalue weighted by molar-refractivity contribution is 9.10. The van der Waals surface area contributed by atoms with Gasteiger partial charge in [-0.2, -0.15) is 0 Å². The van der Waals surface area contributed by atoms with E-state index in [0.717, 1.165) is 32.0 Å². The summed E-state index contributed by atoms with van der Waals surface area (Å²) in [6, 6.07) is 16.4. The van der Waals surface area contributed by atoms with Crippen molar-refractivity contribution in [2.75, 3.05) is 5.73 Å². The number of para-hydroxylation sites is 1. The Morgan fingerprint density at radius 2 is 1.95 bits per heavy atom. The van der Waals surface area contributed by atoms with E-state index in [1.807, 2.05) is 25.1 Å². The van der Waals surface area contributed by atoms with Gasteiger partial charge in [0.05, 0.1) is 5.52 Å². The zero-order chi connectivity index (χ0) is 14.8. The van der Waals surface area contributed by atoms with Crippen molar-refractivity contribution in [3.8, 4) is 0 Å². The summed E-state index contributed by atoms with van der Waals surface area (Å²) in [6.45, 7) is 2.04. The minimum Gasteiger partial charge on any atom is -0.398 e. The number of hydrogen-bond donors (Lipinski definition) is 1. The predicted octanol–water partition coefficient (Wildman–Crippen LogP) is 5.18. The minimum absolute atomic E-state index is 0.810. The first-order chi connectivity index (χ1) is 10.1. The van der Waals surface area contributed by atoms with Crippen LogP contribution in [0.25, 0.3) is 10.9 Å². The Balaban J connectivity index is 1.91. The Kier molecular flexibility index (Phi) is 4.17. The van der Waals surface area contributed by atoms with Crippen molar-refractivity contribution in [3.05, 3.63) is 64.3 Å². The Morgan fingerprint density at radius 1 is 1.14 bits per heavy atom. The van der Waals surface area contributed by atoms with Crippen LogP contribution in [0.1, 0.15) is 11.3 Å².